The van der Waals surface area contributed by atoms with E-state index < -0.39 is 0 Å². The molecule has 6 nitrogen and oxygen atoms in total. The minimum absolute atomic E-state index is 0.0168. The summed E-state index contributed by atoms with van der Waals surface area (Å²) in [4.78, 5) is 14.1. The number of nitrogens with one attached hydrogen (secondary N) is 2. The number of carbonyl (C=O) groups is 1. The van der Waals surface area contributed by atoms with Crippen molar-refractivity contribution in [2.45, 2.75) is 31.8 Å². The van der Waals surface area contributed by atoms with Crippen molar-refractivity contribution in [3.05, 3.63) is 33.7 Å². The van der Waals surface area contributed by atoms with E-state index >= 15 is 0 Å². The lowest BCUT2D eigenvalue weighted by Gasteiger charge is -2.27. The molecule has 0 fully saturated rings. The van der Waals surface area contributed by atoms with Gasteiger partial charge < -0.3 is 24.8 Å². The van der Waals surface area contributed by atoms with E-state index in [1.54, 1.807) is 32.7 Å². The number of hydrogen-bond donors (Lipinski definition) is 2. The van der Waals surface area contributed by atoms with Crippen LogP contribution in [-0.2, 0) is 12.8 Å². The highest BCUT2D eigenvalue weighted by atomic mass is 32.1. The standard InChI is InChI=1S/C19H22N2O4S/c1-23-12-8-10(9-13(24-2)16(12)25-3)17-20-18(22)15-11-6-4-5-7-14(11)26-19(15)21-17/h8-9,17,21H,4-7H2,1-3H3,(H,20,22). The van der Waals surface area contributed by atoms with Crippen LogP contribution >= 0.6 is 11.3 Å². The number of anilines is 1. The van der Waals surface area contributed by atoms with E-state index in [1.807, 2.05) is 12.1 Å². The number of hydrogen-bond acceptors (Lipinski definition) is 6. The number of amides is 1. The number of fused-ring (bicyclic) bond motifs is 3. The molecule has 0 spiro atoms. The van der Waals surface area contributed by atoms with Gasteiger partial charge in [-0.1, -0.05) is 0 Å². The third kappa shape index (κ3) is 2.67. The third-order valence-corrected chi connectivity index (χ3v) is 6.19. The molecule has 0 radical (unpaired) electrons. The number of ether oxygens (including phenoxy) is 3. The first kappa shape index (κ1) is 17.0. The first-order valence-corrected chi connectivity index (χ1v) is 9.49. The largest absolute Gasteiger partial charge is 0.493 e. The van der Waals surface area contributed by atoms with Gasteiger partial charge in [0.1, 0.15) is 11.2 Å². The van der Waals surface area contributed by atoms with Crippen LogP contribution in [0.2, 0.25) is 0 Å². The molecule has 2 aromatic rings. The zero-order chi connectivity index (χ0) is 18.3. The number of aryl methyl sites for hydroxylation is 1. The van der Waals surface area contributed by atoms with Crippen molar-refractivity contribution in [3.8, 4) is 17.2 Å². The van der Waals surface area contributed by atoms with Gasteiger partial charge >= 0.3 is 0 Å². The molecule has 2 N–H and O–H groups in total. The van der Waals surface area contributed by atoms with Gasteiger partial charge in [-0.05, 0) is 43.4 Å². The lowest BCUT2D eigenvalue weighted by atomic mass is 9.94. The van der Waals surface area contributed by atoms with E-state index in [9.17, 15) is 4.79 Å². The Morgan fingerprint density at radius 3 is 2.35 bits per heavy atom. The van der Waals surface area contributed by atoms with Crippen LogP contribution < -0.4 is 24.8 Å². The van der Waals surface area contributed by atoms with Gasteiger partial charge in [-0.25, -0.2) is 0 Å². The summed E-state index contributed by atoms with van der Waals surface area (Å²) in [6.45, 7) is 0. The van der Waals surface area contributed by atoms with Crippen LogP contribution in [0.3, 0.4) is 0 Å². The fourth-order valence-corrected chi connectivity index (χ4v) is 5.03. The van der Waals surface area contributed by atoms with E-state index in [2.05, 4.69) is 10.6 Å². The first-order chi connectivity index (χ1) is 12.7. The molecule has 1 aromatic heterocycles. The molecule has 1 unspecified atom stereocenters. The monoisotopic (exact) mass is 374 g/mol. The Balaban J connectivity index is 1.72. The predicted molar refractivity (Wildman–Crippen MR) is 101 cm³/mol. The van der Waals surface area contributed by atoms with Crippen molar-refractivity contribution in [1.82, 2.24) is 5.32 Å². The van der Waals surface area contributed by atoms with Crippen molar-refractivity contribution < 1.29 is 19.0 Å². The maximum atomic E-state index is 12.8. The SMILES string of the molecule is COc1cc(C2NC(=O)c3c(sc4c3CCCC4)N2)cc(OC)c1OC. The number of methoxy groups -OCH3 is 3. The average molecular weight is 374 g/mol. The van der Waals surface area contributed by atoms with Crippen molar-refractivity contribution in [3.63, 3.8) is 0 Å². The van der Waals surface area contributed by atoms with Gasteiger partial charge in [0.05, 0.1) is 26.9 Å². The van der Waals surface area contributed by atoms with Crippen molar-refractivity contribution >= 4 is 22.2 Å². The van der Waals surface area contributed by atoms with Gasteiger partial charge in [0.15, 0.2) is 11.5 Å². The van der Waals surface area contributed by atoms with Crippen LogP contribution in [0, 0.1) is 0 Å². The second-order valence-electron chi connectivity index (χ2n) is 6.42. The van der Waals surface area contributed by atoms with Gasteiger partial charge in [0, 0.05) is 10.4 Å². The van der Waals surface area contributed by atoms with Gasteiger partial charge in [0.2, 0.25) is 5.75 Å². The number of benzene rings is 1. The lowest BCUT2D eigenvalue weighted by molar-refractivity contribution is 0.0935. The van der Waals surface area contributed by atoms with E-state index in [-0.39, 0.29) is 12.1 Å². The van der Waals surface area contributed by atoms with Gasteiger partial charge in [-0.15, -0.1) is 11.3 Å². The zero-order valence-corrected chi connectivity index (χ0v) is 15.9. The Morgan fingerprint density at radius 1 is 1.00 bits per heavy atom. The number of rotatable bonds is 4. The Morgan fingerprint density at radius 2 is 1.69 bits per heavy atom. The topological polar surface area (TPSA) is 68.8 Å². The van der Waals surface area contributed by atoms with Crippen LogP contribution in [0.25, 0.3) is 0 Å². The fraction of sp³-hybridized carbons (Fsp3) is 0.421. The maximum Gasteiger partial charge on any atom is 0.256 e. The van der Waals surface area contributed by atoms with Gasteiger partial charge in [0.25, 0.3) is 5.91 Å². The minimum Gasteiger partial charge on any atom is -0.493 e. The molecule has 1 atom stereocenters. The van der Waals surface area contributed by atoms with E-state index in [1.165, 1.54) is 16.9 Å². The molecular weight excluding hydrogens is 352 g/mol. The summed E-state index contributed by atoms with van der Waals surface area (Å²) in [5.41, 5.74) is 2.91. The number of thiophene rings is 1. The molecule has 4 rings (SSSR count). The summed E-state index contributed by atoms with van der Waals surface area (Å²) >= 11 is 1.71. The summed E-state index contributed by atoms with van der Waals surface area (Å²) in [7, 11) is 4.74. The first-order valence-electron chi connectivity index (χ1n) is 8.68. The van der Waals surface area contributed by atoms with Crippen LogP contribution in [0.4, 0.5) is 5.00 Å². The normalized spacial score (nSPS) is 18.3. The van der Waals surface area contributed by atoms with Crippen LogP contribution in [0.1, 0.15) is 45.4 Å². The highest BCUT2D eigenvalue weighted by Crippen LogP contribution is 2.44. The molecule has 0 bridgehead atoms. The summed E-state index contributed by atoms with van der Waals surface area (Å²) in [6, 6.07) is 3.72. The summed E-state index contributed by atoms with van der Waals surface area (Å²) in [5.74, 6) is 1.65. The lowest BCUT2D eigenvalue weighted by Crippen LogP contribution is -2.38. The average Bonchev–Trinajstić information content (AvgIpc) is 3.05. The molecule has 1 amide bonds. The Bertz CT molecular complexity index is 836. The maximum absolute atomic E-state index is 12.8. The van der Waals surface area contributed by atoms with E-state index in [0.29, 0.717) is 17.2 Å². The second kappa shape index (κ2) is 6.72. The van der Waals surface area contributed by atoms with Gasteiger partial charge in [-0.3, -0.25) is 4.79 Å². The molecule has 0 saturated carbocycles. The molecule has 7 heteroatoms. The van der Waals surface area contributed by atoms with Gasteiger partial charge in [-0.2, -0.15) is 0 Å². The van der Waals surface area contributed by atoms with Crippen LogP contribution in [0.5, 0.6) is 17.2 Å². The molecule has 1 aliphatic heterocycles. The Labute approximate surface area is 156 Å². The molecular formula is C19H22N2O4S. The molecule has 2 heterocycles. The summed E-state index contributed by atoms with van der Waals surface area (Å²) < 4.78 is 16.2. The molecule has 2 aliphatic rings. The van der Waals surface area contributed by atoms with Crippen molar-refractivity contribution in [2.75, 3.05) is 26.6 Å². The minimum atomic E-state index is -0.344. The Kier molecular flexibility index (Phi) is 4.40. The summed E-state index contributed by atoms with van der Waals surface area (Å²) in [6.07, 6.45) is 4.07. The molecule has 26 heavy (non-hydrogen) atoms. The van der Waals surface area contributed by atoms with E-state index in [0.717, 1.165) is 35.4 Å². The second-order valence-corrected chi connectivity index (χ2v) is 7.53. The third-order valence-electron chi connectivity index (χ3n) is 4.97. The predicted octanol–water partition coefficient (Wildman–Crippen LogP) is 3.51. The summed E-state index contributed by atoms with van der Waals surface area (Å²) in [5, 5.41) is 7.50. The zero-order valence-electron chi connectivity index (χ0n) is 15.1. The molecule has 1 aromatic carbocycles. The highest BCUT2D eigenvalue weighted by Gasteiger charge is 2.32. The van der Waals surface area contributed by atoms with E-state index in [4.69, 9.17) is 14.2 Å². The Hall–Kier alpha value is -2.41. The quantitative estimate of drug-likeness (QED) is 0.857. The fourth-order valence-electron chi connectivity index (χ4n) is 3.71. The number of carbonyl (C=O) groups excluding carboxylic acids is 1. The smallest absolute Gasteiger partial charge is 0.256 e. The van der Waals surface area contributed by atoms with Crippen LogP contribution in [-0.4, -0.2) is 27.2 Å². The molecule has 1 aliphatic carbocycles. The van der Waals surface area contributed by atoms with Crippen molar-refractivity contribution in [1.29, 1.82) is 0 Å². The molecule has 0 saturated heterocycles. The van der Waals surface area contributed by atoms with Crippen LogP contribution in [0.15, 0.2) is 12.1 Å². The highest BCUT2D eigenvalue weighted by molar-refractivity contribution is 7.16. The van der Waals surface area contributed by atoms with Crippen molar-refractivity contribution in [2.24, 2.45) is 0 Å². The molecule has 138 valence electrons.